The van der Waals surface area contributed by atoms with Crippen LogP contribution in [0.2, 0.25) is 0 Å². The van der Waals surface area contributed by atoms with Gasteiger partial charge < -0.3 is 9.84 Å². The molecule has 0 amide bonds. The Balaban J connectivity index is 1.94. The van der Waals surface area contributed by atoms with Crippen molar-refractivity contribution >= 4 is 17.9 Å². The molecule has 0 spiro atoms. The molecule has 2 rings (SSSR count). The molecule has 0 unspecified atom stereocenters. The van der Waals surface area contributed by atoms with Crippen LogP contribution in [0.5, 0.6) is 5.75 Å². The highest BCUT2D eigenvalue weighted by Gasteiger charge is 2.02. The van der Waals surface area contributed by atoms with Crippen LogP contribution in [0, 0.1) is 11.6 Å². The van der Waals surface area contributed by atoms with Gasteiger partial charge in [0.15, 0.2) is 12.4 Å². The van der Waals surface area contributed by atoms with Crippen LogP contribution in [0.25, 0.3) is 0 Å². The van der Waals surface area contributed by atoms with Crippen LogP contribution in [0.3, 0.4) is 0 Å². The summed E-state index contributed by atoms with van der Waals surface area (Å²) in [5.74, 6) is -2.05. The second-order valence-electron chi connectivity index (χ2n) is 4.25. The number of anilines is 1. The lowest BCUT2D eigenvalue weighted by Crippen LogP contribution is -2.09. The number of nitrogens with one attached hydrogen (secondary N) is 1. The third-order valence-electron chi connectivity index (χ3n) is 2.57. The molecule has 22 heavy (non-hydrogen) atoms. The predicted molar refractivity (Wildman–Crippen MR) is 77.1 cm³/mol. The van der Waals surface area contributed by atoms with Gasteiger partial charge in [-0.1, -0.05) is 0 Å². The van der Waals surface area contributed by atoms with Crippen molar-refractivity contribution in [1.29, 1.82) is 0 Å². The van der Waals surface area contributed by atoms with E-state index in [1.54, 1.807) is 24.3 Å². The molecule has 0 saturated carbocycles. The first kappa shape index (κ1) is 15.4. The second-order valence-corrected chi connectivity index (χ2v) is 4.25. The van der Waals surface area contributed by atoms with E-state index in [-0.39, 0.29) is 5.69 Å². The third-order valence-corrected chi connectivity index (χ3v) is 2.57. The Kier molecular flexibility index (Phi) is 5.02. The van der Waals surface area contributed by atoms with Crippen LogP contribution in [-0.2, 0) is 4.79 Å². The summed E-state index contributed by atoms with van der Waals surface area (Å²) in [5.41, 5.74) is 3.21. The molecule has 7 heteroatoms. The minimum Gasteiger partial charge on any atom is -0.482 e. The summed E-state index contributed by atoms with van der Waals surface area (Å²) < 4.78 is 31.0. The predicted octanol–water partition coefficient (Wildman–Crippen LogP) is 2.87. The zero-order valence-corrected chi connectivity index (χ0v) is 11.3. The van der Waals surface area contributed by atoms with Gasteiger partial charge in [0.05, 0.1) is 11.9 Å². The van der Waals surface area contributed by atoms with Crippen LogP contribution in [0.15, 0.2) is 47.6 Å². The number of aliphatic carboxylic acids is 1. The zero-order chi connectivity index (χ0) is 15.9. The Bertz CT molecular complexity index is 688. The number of hydrogen-bond acceptors (Lipinski definition) is 4. The fourth-order valence-electron chi connectivity index (χ4n) is 1.55. The number of carbonyl (C=O) groups is 1. The first-order chi connectivity index (χ1) is 10.5. The van der Waals surface area contributed by atoms with Crippen molar-refractivity contribution < 1.29 is 23.4 Å². The van der Waals surface area contributed by atoms with E-state index in [1.807, 2.05) is 0 Å². The van der Waals surface area contributed by atoms with Crippen molar-refractivity contribution in [3.05, 3.63) is 59.7 Å². The van der Waals surface area contributed by atoms with Crippen molar-refractivity contribution in [2.75, 3.05) is 12.0 Å². The Morgan fingerprint density at radius 1 is 1.23 bits per heavy atom. The number of carboxylic acid groups (broad SMARTS) is 1. The molecule has 5 nitrogen and oxygen atoms in total. The number of hydrogen-bond donors (Lipinski definition) is 2. The van der Waals surface area contributed by atoms with Gasteiger partial charge in [-0.05, 0) is 42.0 Å². The zero-order valence-electron chi connectivity index (χ0n) is 11.3. The van der Waals surface area contributed by atoms with E-state index in [1.165, 1.54) is 12.3 Å². The minimum absolute atomic E-state index is 0.0547. The first-order valence-corrected chi connectivity index (χ1v) is 6.23. The molecule has 0 radical (unpaired) electrons. The van der Waals surface area contributed by atoms with Gasteiger partial charge in [0.2, 0.25) is 0 Å². The standard InChI is InChI=1S/C15H12F2N2O3/c16-11-3-6-14(13(17)7-11)19-18-8-10-1-4-12(5-2-10)22-9-15(20)21/h1-8,19H,9H2,(H,20,21)/b18-8-. The Morgan fingerprint density at radius 3 is 2.59 bits per heavy atom. The largest absolute Gasteiger partial charge is 0.482 e. The van der Waals surface area contributed by atoms with Gasteiger partial charge in [0.25, 0.3) is 0 Å². The van der Waals surface area contributed by atoms with Crippen LogP contribution in [-0.4, -0.2) is 23.9 Å². The molecule has 2 aromatic carbocycles. The Morgan fingerprint density at radius 2 is 1.95 bits per heavy atom. The second kappa shape index (κ2) is 7.16. The molecule has 2 N–H and O–H groups in total. The highest BCUT2D eigenvalue weighted by molar-refractivity contribution is 5.80. The topological polar surface area (TPSA) is 70.9 Å². The van der Waals surface area contributed by atoms with Crippen LogP contribution >= 0.6 is 0 Å². The van der Waals surface area contributed by atoms with Crippen molar-refractivity contribution in [2.24, 2.45) is 5.10 Å². The van der Waals surface area contributed by atoms with E-state index in [4.69, 9.17) is 9.84 Å². The van der Waals surface area contributed by atoms with Gasteiger partial charge in [-0.25, -0.2) is 13.6 Å². The molecule has 0 aliphatic carbocycles. The van der Waals surface area contributed by atoms with Gasteiger partial charge in [-0.3, -0.25) is 5.43 Å². The number of nitrogens with zero attached hydrogens (tertiary/aromatic N) is 1. The van der Waals surface area contributed by atoms with E-state index in [2.05, 4.69) is 10.5 Å². The van der Waals surface area contributed by atoms with Crippen LogP contribution < -0.4 is 10.2 Å². The summed E-state index contributed by atoms with van der Waals surface area (Å²) in [5, 5.41) is 12.3. The summed E-state index contributed by atoms with van der Waals surface area (Å²) in [4.78, 5) is 10.4. The van der Waals surface area contributed by atoms with Crippen molar-refractivity contribution in [3.8, 4) is 5.75 Å². The summed E-state index contributed by atoms with van der Waals surface area (Å²) in [7, 11) is 0. The lowest BCUT2D eigenvalue weighted by molar-refractivity contribution is -0.139. The fourth-order valence-corrected chi connectivity index (χ4v) is 1.55. The molecule has 0 aromatic heterocycles. The first-order valence-electron chi connectivity index (χ1n) is 6.23. The maximum absolute atomic E-state index is 13.3. The Labute approximate surface area is 124 Å². The highest BCUT2D eigenvalue weighted by atomic mass is 19.1. The van der Waals surface area contributed by atoms with Crippen LogP contribution in [0.1, 0.15) is 5.56 Å². The fraction of sp³-hybridized carbons (Fsp3) is 0.0667. The average Bonchev–Trinajstić information content (AvgIpc) is 2.48. The SMILES string of the molecule is O=C(O)COc1ccc(/C=N\Nc2ccc(F)cc2F)cc1. The molecule has 0 atom stereocenters. The van der Waals surface area contributed by atoms with E-state index in [0.29, 0.717) is 11.3 Å². The molecule has 0 fully saturated rings. The molecular formula is C15H12F2N2O3. The molecule has 0 bridgehead atoms. The summed E-state index contributed by atoms with van der Waals surface area (Å²) in [6.45, 7) is -0.418. The van der Waals surface area contributed by atoms with Crippen molar-refractivity contribution in [2.45, 2.75) is 0 Å². The number of hydrazone groups is 1. The molecular weight excluding hydrogens is 294 g/mol. The molecule has 0 heterocycles. The van der Waals surface area contributed by atoms with E-state index in [9.17, 15) is 13.6 Å². The number of benzene rings is 2. The normalized spacial score (nSPS) is 10.6. The summed E-state index contributed by atoms with van der Waals surface area (Å²) in [6.07, 6.45) is 1.43. The lowest BCUT2D eigenvalue weighted by Gasteiger charge is -2.03. The number of rotatable bonds is 6. The molecule has 2 aromatic rings. The minimum atomic E-state index is -1.06. The van der Waals surface area contributed by atoms with Gasteiger partial charge in [-0.15, -0.1) is 0 Å². The van der Waals surface area contributed by atoms with Gasteiger partial charge in [-0.2, -0.15) is 5.10 Å². The monoisotopic (exact) mass is 306 g/mol. The Hall–Kier alpha value is -2.96. The summed E-state index contributed by atoms with van der Waals surface area (Å²) >= 11 is 0. The van der Waals surface area contributed by atoms with Crippen molar-refractivity contribution in [3.63, 3.8) is 0 Å². The molecule has 114 valence electrons. The maximum atomic E-state index is 13.3. The van der Waals surface area contributed by atoms with Gasteiger partial charge in [0.1, 0.15) is 11.6 Å². The van der Waals surface area contributed by atoms with E-state index in [0.717, 1.165) is 12.1 Å². The van der Waals surface area contributed by atoms with E-state index < -0.39 is 24.2 Å². The smallest absolute Gasteiger partial charge is 0.341 e. The summed E-state index contributed by atoms with van der Waals surface area (Å²) in [6, 6.07) is 9.60. The van der Waals surface area contributed by atoms with Gasteiger partial charge >= 0.3 is 5.97 Å². The van der Waals surface area contributed by atoms with Crippen LogP contribution in [0.4, 0.5) is 14.5 Å². The molecule has 0 aliphatic heterocycles. The van der Waals surface area contributed by atoms with Crippen molar-refractivity contribution in [1.82, 2.24) is 0 Å². The number of carboxylic acids is 1. The molecule has 0 saturated heterocycles. The average molecular weight is 306 g/mol. The van der Waals surface area contributed by atoms with Gasteiger partial charge in [0, 0.05) is 6.07 Å². The lowest BCUT2D eigenvalue weighted by atomic mass is 10.2. The molecule has 0 aliphatic rings. The quantitative estimate of drug-likeness (QED) is 0.636. The van der Waals surface area contributed by atoms with E-state index >= 15 is 0 Å². The number of halogens is 2. The highest BCUT2D eigenvalue weighted by Crippen LogP contribution is 2.15. The maximum Gasteiger partial charge on any atom is 0.341 e. The number of ether oxygens (including phenoxy) is 1. The third kappa shape index (κ3) is 4.55.